The summed E-state index contributed by atoms with van der Waals surface area (Å²) in [7, 11) is 0. The molecule has 0 saturated carbocycles. The number of benzene rings is 1. The summed E-state index contributed by atoms with van der Waals surface area (Å²) in [5, 5.41) is 6.95. The first-order chi connectivity index (χ1) is 13.5. The molecule has 0 spiro atoms. The van der Waals surface area contributed by atoms with E-state index in [0.717, 1.165) is 37.1 Å². The molecule has 3 N–H and O–H groups in total. The molecule has 2 amide bonds. The lowest BCUT2D eigenvalue weighted by Gasteiger charge is -2.17. The standard InChI is InChI=1S/C20H20N6O2/c1-12-14-9-5-6-10-15(14)23-20(22-12)24-19(28)16-11-17(18(21)27)26(25-16)13-7-3-2-4-8-13/h2-4,7-8,11H,5-6,9-10H2,1H3,(H2,21,27)(H,22,23,24,28). The molecular formula is C20H20N6O2. The molecule has 3 aromatic rings. The quantitative estimate of drug-likeness (QED) is 0.724. The number of nitrogens with one attached hydrogen (secondary N) is 1. The minimum absolute atomic E-state index is 0.0663. The van der Waals surface area contributed by atoms with E-state index in [0.29, 0.717) is 5.69 Å². The Morgan fingerprint density at radius 1 is 1.11 bits per heavy atom. The van der Waals surface area contributed by atoms with Gasteiger partial charge in [0.1, 0.15) is 5.69 Å². The molecule has 2 aromatic heterocycles. The monoisotopic (exact) mass is 376 g/mol. The number of para-hydroxylation sites is 1. The van der Waals surface area contributed by atoms with Crippen molar-refractivity contribution in [1.29, 1.82) is 0 Å². The molecule has 8 nitrogen and oxygen atoms in total. The van der Waals surface area contributed by atoms with Crippen molar-refractivity contribution in [1.82, 2.24) is 19.7 Å². The number of nitrogens with two attached hydrogens (primary N) is 1. The highest BCUT2D eigenvalue weighted by molar-refractivity contribution is 6.04. The Morgan fingerprint density at radius 3 is 2.61 bits per heavy atom. The average Bonchev–Trinajstić information content (AvgIpc) is 3.15. The van der Waals surface area contributed by atoms with E-state index in [1.54, 1.807) is 12.1 Å². The predicted molar refractivity (Wildman–Crippen MR) is 103 cm³/mol. The van der Waals surface area contributed by atoms with Crippen LogP contribution in [-0.2, 0) is 12.8 Å². The molecule has 4 rings (SSSR count). The molecule has 0 fully saturated rings. The first-order valence-corrected chi connectivity index (χ1v) is 9.16. The summed E-state index contributed by atoms with van der Waals surface area (Å²) < 4.78 is 1.36. The second kappa shape index (κ2) is 7.22. The lowest BCUT2D eigenvalue weighted by molar-refractivity contribution is 0.0991. The van der Waals surface area contributed by atoms with Gasteiger partial charge in [-0.2, -0.15) is 5.10 Å². The highest BCUT2D eigenvalue weighted by atomic mass is 16.2. The van der Waals surface area contributed by atoms with Gasteiger partial charge in [-0.3, -0.25) is 14.9 Å². The Hall–Kier alpha value is -3.55. The van der Waals surface area contributed by atoms with Gasteiger partial charge in [-0.25, -0.2) is 14.6 Å². The molecular weight excluding hydrogens is 356 g/mol. The van der Waals surface area contributed by atoms with Crippen LogP contribution in [0.15, 0.2) is 36.4 Å². The van der Waals surface area contributed by atoms with E-state index < -0.39 is 11.8 Å². The largest absolute Gasteiger partial charge is 0.364 e. The maximum absolute atomic E-state index is 12.7. The van der Waals surface area contributed by atoms with E-state index in [9.17, 15) is 9.59 Å². The van der Waals surface area contributed by atoms with E-state index in [1.165, 1.54) is 16.3 Å². The van der Waals surface area contributed by atoms with Crippen molar-refractivity contribution in [2.75, 3.05) is 5.32 Å². The number of rotatable bonds is 4. The third-order valence-corrected chi connectivity index (χ3v) is 4.81. The second-order valence-corrected chi connectivity index (χ2v) is 6.75. The number of hydrogen-bond acceptors (Lipinski definition) is 5. The van der Waals surface area contributed by atoms with Crippen molar-refractivity contribution in [3.05, 3.63) is 64.7 Å². The van der Waals surface area contributed by atoms with Crippen LogP contribution in [-0.4, -0.2) is 31.6 Å². The van der Waals surface area contributed by atoms with Crippen molar-refractivity contribution >= 4 is 17.8 Å². The van der Waals surface area contributed by atoms with Crippen LogP contribution in [0, 0.1) is 6.92 Å². The van der Waals surface area contributed by atoms with Gasteiger partial charge >= 0.3 is 0 Å². The van der Waals surface area contributed by atoms with Crippen LogP contribution >= 0.6 is 0 Å². The first kappa shape index (κ1) is 17.8. The van der Waals surface area contributed by atoms with Crippen molar-refractivity contribution in [2.45, 2.75) is 32.6 Å². The number of hydrogen-bond donors (Lipinski definition) is 2. The molecule has 1 aliphatic carbocycles. The highest BCUT2D eigenvalue weighted by Gasteiger charge is 2.21. The zero-order valence-corrected chi connectivity index (χ0v) is 15.5. The molecule has 0 aliphatic heterocycles. The van der Waals surface area contributed by atoms with Gasteiger partial charge in [-0.15, -0.1) is 0 Å². The number of carbonyl (C=O) groups excluding carboxylic acids is 2. The Kier molecular flexibility index (Phi) is 4.60. The Morgan fingerprint density at radius 2 is 1.86 bits per heavy atom. The summed E-state index contributed by atoms with van der Waals surface area (Å²) in [6.45, 7) is 1.93. The van der Waals surface area contributed by atoms with Crippen LogP contribution in [0.2, 0.25) is 0 Å². The number of nitrogens with zero attached hydrogens (tertiary/aromatic N) is 4. The summed E-state index contributed by atoms with van der Waals surface area (Å²) >= 11 is 0. The fraction of sp³-hybridized carbons (Fsp3) is 0.250. The summed E-state index contributed by atoms with van der Waals surface area (Å²) in [5.74, 6) is -0.915. The number of aromatic nitrogens is 4. The average molecular weight is 376 g/mol. The van der Waals surface area contributed by atoms with Crippen molar-refractivity contribution in [2.24, 2.45) is 5.73 Å². The number of aryl methyl sites for hydroxylation is 2. The normalized spacial score (nSPS) is 13.0. The second-order valence-electron chi connectivity index (χ2n) is 6.75. The lowest BCUT2D eigenvalue weighted by atomic mass is 9.95. The van der Waals surface area contributed by atoms with Gasteiger partial charge in [-0.1, -0.05) is 18.2 Å². The number of fused-ring (bicyclic) bond motifs is 1. The number of anilines is 1. The minimum Gasteiger partial charge on any atom is -0.364 e. The third-order valence-electron chi connectivity index (χ3n) is 4.81. The molecule has 1 aliphatic rings. The molecule has 2 heterocycles. The predicted octanol–water partition coefficient (Wildman–Crippen LogP) is 2.20. The van der Waals surface area contributed by atoms with Crippen LogP contribution in [0.25, 0.3) is 5.69 Å². The van der Waals surface area contributed by atoms with Crippen molar-refractivity contribution < 1.29 is 9.59 Å². The SMILES string of the molecule is Cc1nc(NC(=O)c2cc(C(N)=O)n(-c3ccccc3)n2)nc2c1CCCC2. The Balaban J connectivity index is 1.64. The third kappa shape index (κ3) is 3.36. The van der Waals surface area contributed by atoms with E-state index in [1.807, 2.05) is 25.1 Å². The molecule has 28 heavy (non-hydrogen) atoms. The van der Waals surface area contributed by atoms with Crippen molar-refractivity contribution in [3.8, 4) is 5.69 Å². The zero-order chi connectivity index (χ0) is 19.7. The first-order valence-electron chi connectivity index (χ1n) is 9.16. The summed E-state index contributed by atoms with van der Waals surface area (Å²) in [6, 6.07) is 10.4. The van der Waals surface area contributed by atoms with E-state index in [-0.39, 0.29) is 17.3 Å². The highest BCUT2D eigenvalue weighted by Crippen LogP contribution is 2.23. The molecule has 142 valence electrons. The molecule has 0 unspecified atom stereocenters. The molecule has 0 radical (unpaired) electrons. The van der Waals surface area contributed by atoms with Gasteiger partial charge in [-0.05, 0) is 50.3 Å². The minimum atomic E-state index is -0.670. The topological polar surface area (TPSA) is 116 Å². The van der Waals surface area contributed by atoms with Crippen LogP contribution in [0.4, 0.5) is 5.95 Å². The number of primary amides is 1. The summed E-state index contributed by atoms with van der Waals surface area (Å²) in [6.07, 6.45) is 4.07. The molecule has 8 heteroatoms. The maximum Gasteiger partial charge on any atom is 0.278 e. The van der Waals surface area contributed by atoms with E-state index in [2.05, 4.69) is 20.4 Å². The van der Waals surface area contributed by atoms with Crippen LogP contribution < -0.4 is 11.1 Å². The van der Waals surface area contributed by atoms with E-state index >= 15 is 0 Å². The van der Waals surface area contributed by atoms with Gasteiger partial charge in [0.05, 0.1) is 5.69 Å². The van der Waals surface area contributed by atoms with Gasteiger partial charge in [0.2, 0.25) is 5.95 Å². The number of amides is 2. The van der Waals surface area contributed by atoms with Crippen LogP contribution in [0.5, 0.6) is 0 Å². The summed E-state index contributed by atoms with van der Waals surface area (Å²) in [5.41, 5.74) is 9.33. The van der Waals surface area contributed by atoms with Gasteiger partial charge in [0, 0.05) is 17.5 Å². The van der Waals surface area contributed by atoms with Crippen LogP contribution in [0.1, 0.15) is 50.8 Å². The van der Waals surface area contributed by atoms with Gasteiger partial charge < -0.3 is 5.73 Å². The fourth-order valence-electron chi connectivity index (χ4n) is 3.44. The molecule has 0 bridgehead atoms. The Bertz CT molecular complexity index is 1060. The van der Waals surface area contributed by atoms with Gasteiger partial charge in [0.15, 0.2) is 5.69 Å². The van der Waals surface area contributed by atoms with Gasteiger partial charge in [0.25, 0.3) is 11.8 Å². The Labute approximate surface area is 161 Å². The van der Waals surface area contributed by atoms with Crippen molar-refractivity contribution in [3.63, 3.8) is 0 Å². The lowest BCUT2D eigenvalue weighted by Crippen LogP contribution is -2.18. The zero-order valence-electron chi connectivity index (χ0n) is 15.5. The van der Waals surface area contributed by atoms with Crippen LogP contribution in [0.3, 0.4) is 0 Å². The fourth-order valence-corrected chi connectivity index (χ4v) is 3.44. The van der Waals surface area contributed by atoms with E-state index in [4.69, 9.17) is 5.73 Å². The maximum atomic E-state index is 12.7. The molecule has 1 aromatic carbocycles. The number of carbonyl (C=O) groups is 2. The molecule has 0 atom stereocenters. The smallest absolute Gasteiger partial charge is 0.278 e. The molecule has 0 saturated heterocycles. The summed E-state index contributed by atoms with van der Waals surface area (Å²) in [4.78, 5) is 33.4.